The fourth-order valence-electron chi connectivity index (χ4n) is 11.6. The lowest BCUT2D eigenvalue weighted by Gasteiger charge is -2.63. The number of fused-ring (bicyclic) bond motifs is 5. The van der Waals surface area contributed by atoms with Crippen LogP contribution in [0.4, 0.5) is 0 Å². The first-order valence-electron chi connectivity index (χ1n) is 19.8. The molecule has 9 heteroatoms. The molecular formula is C38H74N4O4S. The van der Waals surface area contributed by atoms with Crippen LogP contribution in [-0.2, 0) is 14.6 Å². The van der Waals surface area contributed by atoms with Crippen LogP contribution < -0.4 is 21.7 Å². The van der Waals surface area contributed by atoms with E-state index >= 15 is 0 Å². The minimum Gasteiger partial charge on any atom is -0.330 e. The standard InChI is InChI=1S/C38H74N4O4S/c1-27(2)35(46-47(43,44)45)14-11-28(3)32-12-13-33-36-29(4)25-30-26-31(15-17-37(30,5)34(36)16-18-38(32,33)6)42-24-10-23-41-21-8-7-20-40-22-9-19-39/h27-36,40-42H,7-26,39H2,1-6H3,(H,43,44,45)/t28-,29?,30+,31+,32-,33?,34?,35-,36?,37+,38-/m1/s1. The molecule has 0 aromatic heterocycles. The molecule has 4 unspecified atom stereocenters. The minimum atomic E-state index is -4.43. The highest BCUT2D eigenvalue weighted by Gasteiger charge is 2.62. The lowest BCUT2D eigenvalue weighted by molar-refractivity contribution is -0.140. The van der Waals surface area contributed by atoms with E-state index < -0.39 is 16.5 Å². The molecule has 11 atom stereocenters. The van der Waals surface area contributed by atoms with Crippen molar-refractivity contribution in [3.63, 3.8) is 0 Å². The van der Waals surface area contributed by atoms with Gasteiger partial charge < -0.3 is 21.7 Å². The highest BCUT2D eigenvalue weighted by Crippen LogP contribution is 2.69. The Morgan fingerprint density at radius 3 is 2.13 bits per heavy atom. The lowest BCUT2D eigenvalue weighted by Crippen LogP contribution is -2.57. The molecule has 0 radical (unpaired) electrons. The molecule has 0 aromatic carbocycles. The van der Waals surface area contributed by atoms with Gasteiger partial charge in [0.1, 0.15) is 0 Å². The van der Waals surface area contributed by atoms with Crippen molar-refractivity contribution in [1.29, 1.82) is 0 Å². The van der Waals surface area contributed by atoms with Crippen LogP contribution in [0.5, 0.6) is 0 Å². The van der Waals surface area contributed by atoms with Crippen LogP contribution in [0.25, 0.3) is 0 Å². The SMILES string of the molecule is CC1C[C@H]2C[C@@H](NCCCNCCCCNCCCN)CC[C@]2(C)C2CC[C@@]3(C)C(CC[C@@H]3[C@H](C)CC[C@@H](OS(=O)(=O)O)C(C)C)C12. The number of nitrogens with two attached hydrogens (primary N) is 1. The molecule has 0 bridgehead atoms. The molecule has 0 spiro atoms. The Bertz CT molecular complexity index is 1040. The van der Waals surface area contributed by atoms with Gasteiger partial charge in [0, 0.05) is 6.04 Å². The van der Waals surface area contributed by atoms with Gasteiger partial charge in [-0.15, -0.1) is 0 Å². The van der Waals surface area contributed by atoms with Gasteiger partial charge in [-0.1, -0.05) is 41.5 Å². The predicted octanol–water partition coefficient (Wildman–Crippen LogP) is 6.81. The van der Waals surface area contributed by atoms with E-state index in [1.807, 2.05) is 13.8 Å². The topological polar surface area (TPSA) is 126 Å². The summed E-state index contributed by atoms with van der Waals surface area (Å²) in [4.78, 5) is 0. The van der Waals surface area contributed by atoms with E-state index in [2.05, 4.69) is 43.6 Å². The molecule has 47 heavy (non-hydrogen) atoms. The average Bonchev–Trinajstić information content (AvgIpc) is 3.36. The maximum absolute atomic E-state index is 11.5. The van der Waals surface area contributed by atoms with E-state index in [-0.39, 0.29) is 5.92 Å². The van der Waals surface area contributed by atoms with E-state index in [0.717, 1.165) is 81.7 Å². The van der Waals surface area contributed by atoms with E-state index in [9.17, 15) is 13.0 Å². The second-order valence-electron chi connectivity index (χ2n) is 17.4. The van der Waals surface area contributed by atoms with Crippen molar-refractivity contribution in [2.45, 2.75) is 144 Å². The summed E-state index contributed by atoms with van der Waals surface area (Å²) < 4.78 is 37.3. The highest BCUT2D eigenvalue weighted by atomic mass is 32.3. The van der Waals surface area contributed by atoms with Crippen molar-refractivity contribution < 1.29 is 17.2 Å². The summed E-state index contributed by atoms with van der Waals surface area (Å²) in [5, 5.41) is 11.1. The van der Waals surface area contributed by atoms with Gasteiger partial charge in [-0.05, 0) is 187 Å². The monoisotopic (exact) mass is 683 g/mol. The fraction of sp³-hybridized carbons (Fsp3) is 1.00. The summed E-state index contributed by atoms with van der Waals surface area (Å²) in [6, 6.07) is 0.682. The summed E-state index contributed by atoms with van der Waals surface area (Å²) in [5.41, 5.74) is 6.41. The molecular weight excluding hydrogens is 609 g/mol. The number of hydrogen-bond donors (Lipinski definition) is 5. The van der Waals surface area contributed by atoms with Crippen LogP contribution in [0.1, 0.15) is 131 Å². The molecule has 0 aliphatic heterocycles. The van der Waals surface area contributed by atoms with Gasteiger partial charge in [-0.3, -0.25) is 4.55 Å². The molecule has 4 rings (SSSR count). The average molecular weight is 683 g/mol. The quantitative estimate of drug-likeness (QED) is 0.0701. The Kier molecular flexibility index (Phi) is 14.9. The van der Waals surface area contributed by atoms with Crippen molar-refractivity contribution in [3.8, 4) is 0 Å². The number of unbranched alkanes of at least 4 members (excludes halogenated alkanes) is 1. The zero-order chi connectivity index (χ0) is 34.2. The summed E-state index contributed by atoms with van der Waals surface area (Å²) in [5.74, 6) is 5.41. The van der Waals surface area contributed by atoms with Crippen LogP contribution >= 0.6 is 0 Å². The van der Waals surface area contributed by atoms with Gasteiger partial charge in [0.2, 0.25) is 0 Å². The van der Waals surface area contributed by atoms with Crippen LogP contribution in [0, 0.1) is 58.2 Å². The molecule has 8 nitrogen and oxygen atoms in total. The third kappa shape index (κ3) is 10.2. The first-order chi connectivity index (χ1) is 22.3. The third-order valence-electron chi connectivity index (χ3n) is 14.2. The molecule has 0 heterocycles. The molecule has 4 aliphatic rings. The van der Waals surface area contributed by atoms with Crippen LogP contribution in [0.15, 0.2) is 0 Å². The summed E-state index contributed by atoms with van der Waals surface area (Å²) in [7, 11) is -4.43. The van der Waals surface area contributed by atoms with Crippen molar-refractivity contribution in [3.05, 3.63) is 0 Å². The van der Waals surface area contributed by atoms with Crippen molar-refractivity contribution in [1.82, 2.24) is 16.0 Å². The van der Waals surface area contributed by atoms with E-state index in [1.165, 1.54) is 70.6 Å². The normalized spacial score (nSPS) is 36.9. The summed E-state index contributed by atoms with van der Waals surface area (Å²) >= 11 is 0. The maximum Gasteiger partial charge on any atom is 0.397 e. The number of nitrogens with one attached hydrogen (secondary N) is 3. The van der Waals surface area contributed by atoms with Gasteiger partial charge in [-0.2, -0.15) is 8.42 Å². The molecule has 6 N–H and O–H groups in total. The molecule has 4 saturated carbocycles. The Hall–Kier alpha value is -0.290. The molecule has 276 valence electrons. The van der Waals surface area contributed by atoms with Gasteiger partial charge in [-0.25, -0.2) is 4.18 Å². The molecule has 0 amide bonds. The Morgan fingerprint density at radius 1 is 0.830 bits per heavy atom. The second kappa shape index (κ2) is 17.8. The molecule has 4 fully saturated rings. The maximum atomic E-state index is 11.5. The zero-order valence-electron chi connectivity index (χ0n) is 31.1. The number of hydrogen-bond acceptors (Lipinski definition) is 7. The summed E-state index contributed by atoms with van der Waals surface area (Å²) in [6.45, 7) is 20.5. The number of rotatable bonds is 20. The van der Waals surface area contributed by atoms with Gasteiger partial charge >= 0.3 is 10.4 Å². The highest BCUT2D eigenvalue weighted by molar-refractivity contribution is 7.80. The second-order valence-corrected chi connectivity index (χ2v) is 18.5. The van der Waals surface area contributed by atoms with Crippen molar-refractivity contribution >= 4 is 10.4 Å². The molecule has 4 aliphatic carbocycles. The van der Waals surface area contributed by atoms with E-state index in [1.54, 1.807) is 0 Å². The molecule has 0 saturated heterocycles. The van der Waals surface area contributed by atoms with Crippen LogP contribution in [0.2, 0.25) is 0 Å². The summed E-state index contributed by atoms with van der Waals surface area (Å²) in [6.07, 6.45) is 16.8. The van der Waals surface area contributed by atoms with Crippen molar-refractivity contribution in [2.24, 2.45) is 63.9 Å². The Balaban J connectivity index is 1.23. The van der Waals surface area contributed by atoms with Crippen LogP contribution in [-0.4, -0.2) is 64.4 Å². The third-order valence-corrected chi connectivity index (χ3v) is 14.7. The molecule has 0 aromatic rings. The first kappa shape index (κ1) is 39.5. The smallest absolute Gasteiger partial charge is 0.330 e. The first-order valence-corrected chi connectivity index (χ1v) is 21.2. The predicted molar refractivity (Wildman–Crippen MR) is 194 cm³/mol. The van der Waals surface area contributed by atoms with E-state index in [4.69, 9.17) is 9.92 Å². The van der Waals surface area contributed by atoms with Gasteiger partial charge in [0.15, 0.2) is 0 Å². The fourth-order valence-corrected chi connectivity index (χ4v) is 12.2. The van der Waals surface area contributed by atoms with Gasteiger partial charge in [0.05, 0.1) is 6.10 Å². The van der Waals surface area contributed by atoms with Crippen LogP contribution in [0.3, 0.4) is 0 Å². The lowest BCUT2D eigenvalue weighted by atomic mass is 9.42. The van der Waals surface area contributed by atoms with E-state index in [0.29, 0.717) is 35.1 Å². The minimum absolute atomic E-state index is 0.0467. The zero-order valence-corrected chi connectivity index (χ0v) is 31.9. The Morgan fingerprint density at radius 2 is 1.47 bits per heavy atom. The van der Waals surface area contributed by atoms with Gasteiger partial charge in [0.25, 0.3) is 0 Å². The Labute approximate surface area is 289 Å². The largest absolute Gasteiger partial charge is 0.397 e. The van der Waals surface area contributed by atoms with Crippen molar-refractivity contribution in [2.75, 3.05) is 39.3 Å².